The van der Waals surface area contributed by atoms with Gasteiger partial charge in [-0.3, -0.25) is 4.72 Å². The van der Waals surface area contributed by atoms with Crippen molar-refractivity contribution in [2.24, 2.45) is 0 Å². The Bertz CT molecular complexity index is 2190. The molecular formula is C37H37N5O6S. The number of fused-ring (bicyclic) bond motifs is 1. The second-order valence-corrected chi connectivity index (χ2v) is 14.0. The van der Waals surface area contributed by atoms with Gasteiger partial charge in [-0.05, 0) is 65.1 Å². The molecule has 1 aromatic heterocycles. The maximum atomic E-state index is 13.4. The highest BCUT2D eigenvalue weighted by Gasteiger charge is 2.22. The molecule has 5 N–H and O–H groups in total. The summed E-state index contributed by atoms with van der Waals surface area (Å²) < 4.78 is 38.5. The molecule has 2 amide bonds. The predicted octanol–water partition coefficient (Wildman–Crippen LogP) is 7.57. The zero-order valence-electron chi connectivity index (χ0n) is 27.7. The van der Waals surface area contributed by atoms with Gasteiger partial charge in [0.15, 0.2) is 5.75 Å². The molecule has 0 spiro atoms. The van der Waals surface area contributed by atoms with Crippen LogP contribution in [0, 0.1) is 12.3 Å². The van der Waals surface area contributed by atoms with E-state index in [9.17, 15) is 18.3 Å². The normalized spacial score (nSPS) is 11.4. The van der Waals surface area contributed by atoms with Crippen LogP contribution in [-0.4, -0.2) is 37.9 Å². The van der Waals surface area contributed by atoms with Gasteiger partial charge < -0.3 is 30.5 Å². The lowest BCUT2D eigenvalue weighted by molar-refractivity contribution is 0.262. The third kappa shape index (κ3) is 8.58. The van der Waals surface area contributed by atoms with Crippen LogP contribution in [0.25, 0.3) is 10.8 Å². The van der Waals surface area contributed by atoms with Crippen LogP contribution in [0.15, 0.2) is 85.1 Å². The Morgan fingerprint density at radius 2 is 1.65 bits per heavy atom. The number of sulfonamides is 1. The van der Waals surface area contributed by atoms with Gasteiger partial charge in [-0.15, -0.1) is 6.42 Å². The molecule has 0 aliphatic heterocycles. The number of carbonyl (C=O) groups excluding carboxylic acids is 1. The first-order chi connectivity index (χ1) is 23.3. The van der Waals surface area contributed by atoms with Crippen LogP contribution in [-0.2, 0) is 22.0 Å². The van der Waals surface area contributed by atoms with E-state index in [0.29, 0.717) is 45.5 Å². The van der Waals surface area contributed by atoms with Crippen molar-refractivity contribution in [3.05, 3.63) is 102 Å². The van der Waals surface area contributed by atoms with Crippen molar-refractivity contribution in [1.82, 2.24) is 4.98 Å². The van der Waals surface area contributed by atoms with Gasteiger partial charge in [-0.25, -0.2) is 18.2 Å². The van der Waals surface area contributed by atoms with Crippen LogP contribution in [0.1, 0.15) is 37.5 Å². The highest BCUT2D eigenvalue weighted by atomic mass is 32.2. The molecule has 0 saturated heterocycles. The van der Waals surface area contributed by atoms with Crippen molar-refractivity contribution in [1.29, 1.82) is 0 Å². The van der Waals surface area contributed by atoms with Crippen LogP contribution in [0.4, 0.5) is 33.4 Å². The number of rotatable bonds is 10. The number of nitrogens with zero attached hydrogens (tertiary/aromatic N) is 1. The Labute approximate surface area is 285 Å². The van der Waals surface area contributed by atoms with Gasteiger partial charge in [0.2, 0.25) is 10.0 Å². The summed E-state index contributed by atoms with van der Waals surface area (Å²) in [5.41, 5.74) is 3.43. The van der Waals surface area contributed by atoms with Crippen molar-refractivity contribution in [3.8, 4) is 29.6 Å². The van der Waals surface area contributed by atoms with E-state index in [-0.39, 0.29) is 23.5 Å². The van der Waals surface area contributed by atoms with E-state index in [2.05, 4.69) is 31.6 Å². The summed E-state index contributed by atoms with van der Waals surface area (Å²) in [5.74, 6) is 4.33. The Morgan fingerprint density at radius 3 is 2.33 bits per heavy atom. The molecule has 0 atom stereocenters. The molecule has 4 aromatic carbocycles. The lowest BCUT2D eigenvalue weighted by Crippen LogP contribution is -2.22. The molecule has 0 aliphatic carbocycles. The fourth-order valence-electron chi connectivity index (χ4n) is 5.15. The molecule has 0 saturated carbocycles. The van der Waals surface area contributed by atoms with Crippen molar-refractivity contribution in [2.45, 2.75) is 32.8 Å². The van der Waals surface area contributed by atoms with Crippen LogP contribution >= 0.6 is 0 Å². The molecule has 252 valence electrons. The number of anilines is 5. The molecule has 5 rings (SSSR count). The van der Waals surface area contributed by atoms with Crippen molar-refractivity contribution >= 4 is 55.4 Å². The molecule has 12 heteroatoms. The fourth-order valence-corrected chi connectivity index (χ4v) is 5.70. The predicted molar refractivity (Wildman–Crippen MR) is 195 cm³/mol. The summed E-state index contributed by atoms with van der Waals surface area (Å²) in [6, 6.07) is 22.6. The summed E-state index contributed by atoms with van der Waals surface area (Å²) in [4.78, 5) is 17.8. The first-order valence-corrected chi connectivity index (χ1v) is 17.1. The Kier molecular flexibility index (Phi) is 9.98. The van der Waals surface area contributed by atoms with Crippen LogP contribution in [0.2, 0.25) is 0 Å². The maximum absolute atomic E-state index is 13.4. The lowest BCUT2D eigenvalue weighted by atomic mass is 9.86. The summed E-state index contributed by atoms with van der Waals surface area (Å²) >= 11 is 0. The maximum Gasteiger partial charge on any atom is 0.323 e. The number of nitrogens with one attached hydrogen (secondary N) is 4. The number of ether oxygens (including phenoxy) is 2. The van der Waals surface area contributed by atoms with Crippen molar-refractivity contribution in [3.63, 3.8) is 0 Å². The van der Waals surface area contributed by atoms with Gasteiger partial charge in [0.25, 0.3) is 0 Å². The van der Waals surface area contributed by atoms with Crippen LogP contribution in [0.3, 0.4) is 0 Å². The zero-order chi connectivity index (χ0) is 35.3. The average Bonchev–Trinajstić information content (AvgIpc) is 3.04. The number of aliphatic hydroxyl groups is 1. The van der Waals surface area contributed by atoms with E-state index in [0.717, 1.165) is 22.6 Å². The number of benzene rings is 4. The third-order valence-corrected chi connectivity index (χ3v) is 8.00. The summed E-state index contributed by atoms with van der Waals surface area (Å²) in [6.45, 7) is 5.79. The average molecular weight is 680 g/mol. The minimum absolute atomic E-state index is 0.150. The van der Waals surface area contributed by atoms with E-state index in [1.165, 1.54) is 7.11 Å². The summed E-state index contributed by atoms with van der Waals surface area (Å²) in [5, 5.41) is 20.0. The van der Waals surface area contributed by atoms with Gasteiger partial charge in [0.05, 0.1) is 37.0 Å². The zero-order valence-corrected chi connectivity index (χ0v) is 28.5. The topological polar surface area (TPSA) is 151 Å². The third-order valence-electron chi connectivity index (χ3n) is 7.41. The SMILES string of the molecule is C#Cc1cc(CO)cc(Nc2cc(Oc3ccc(NC(=O)Nc4cc(C(C)(C)C)cc(NS(C)(=O)=O)c4OC)c4ccccc34)ccn2)c1. The standard InChI is InChI=1S/C37H37N5O6S/c1-7-23-16-24(22-43)18-26(17-23)39-34-21-27(14-15-38-34)48-33-13-12-30(28-10-8-9-11-29(28)33)40-36(44)41-31-19-25(37(2,3)4)20-32(35(31)47-5)42-49(6,45)46/h1,8-21,42-43H,22H2,2-6H3,(H,38,39)(H2,40,41,44). The van der Waals surface area contributed by atoms with Gasteiger partial charge in [0, 0.05) is 34.3 Å². The highest BCUT2D eigenvalue weighted by molar-refractivity contribution is 7.92. The van der Waals surface area contributed by atoms with E-state index in [1.807, 2.05) is 45.0 Å². The summed E-state index contributed by atoms with van der Waals surface area (Å²) in [7, 11) is -2.23. The van der Waals surface area contributed by atoms with E-state index in [4.69, 9.17) is 15.9 Å². The Hall–Kier alpha value is -5.77. The second-order valence-electron chi connectivity index (χ2n) is 12.3. The van der Waals surface area contributed by atoms with Crippen molar-refractivity contribution in [2.75, 3.05) is 34.0 Å². The number of terminal acetylenes is 1. The second kappa shape index (κ2) is 14.1. The van der Waals surface area contributed by atoms with Gasteiger partial charge in [-0.2, -0.15) is 0 Å². The number of aliphatic hydroxyl groups excluding tert-OH is 1. The van der Waals surface area contributed by atoms with Crippen LogP contribution in [0.5, 0.6) is 17.2 Å². The number of urea groups is 1. The first-order valence-electron chi connectivity index (χ1n) is 15.2. The van der Waals surface area contributed by atoms with E-state index < -0.39 is 16.1 Å². The van der Waals surface area contributed by atoms with Gasteiger partial charge >= 0.3 is 6.03 Å². The Balaban J connectivity index is 1.40. The minimum Gasteiger partial charge on any atom is -0.492 e. The molecule has 0 radical (unpaired) electrons. The molecule has 0 unspecified atom stereocenters. The minimum atomic E-state index is -3.63. The monoisotopic (exact) mass is 679 g/mol. The van der Waals surface area contributed by atoms with Gasteiger partial charge in [0.1, 0.15) is 17.3 Å². The first kappa shape index (κ1) is 34.6. The fraction of sp³-hybridized carbons (Fsp3) is 0.189. The molecular weight excluding hydrogens is 643 g/mol. The number of pyridine rings is 1. The molecule has 49 heavy (non-hydrogen) atoms. The van der Waals surface area contributed by atoms with E-state index >= 15 is 0 Å². The molecule has 11 nitrogen and oxygen atoms in total. The Morgan fingerprint density at radius 1 is 0.939 bits per heavy atom. The summed E-state index contributed by atoms with van der Waals surface area (Å²) in [6.07, 6.45) is 8.23. The number of amides is 2. The van der Waals surface area contributed by atoms with Crippen LogP contribution < -0.4 is 30.1 Å². The molecule has 0 fully saturated rings. The lowest BCUT2D eigenvalue weighted by Gasteiger charge is -2.24. The molecule has 5 aromatic rings. The number of aromatic nitrogens is 1. The quantitative estimate of drug-likeness (QED) is 0.0949. The van der Waals surface area contributed by atoms with Gasteiger partial charge in [-0.1, -0.05) is 51.0 Å². The van der Waals surface area contributed by atoms with Crippen molar-refractivity contribution < 1.29 is 27.8 Å². The largest absolute Gasteiger partial charge is 0.492 e. The number of methoxy groups -OCH3 is 1. The number of carbonyl (C=O) groups is 1. The number of hydrogen-bond acceptors (Lipinski definition) is 8. The molecule has 0 aliphatic rings. The van der Waals surface area contributed by atoms with E-state index in [1.54, 1.807) is 60.8 Å². The number of hydrogen-bond donors (Lipinski definition) is 5. The smallest absolute Gasteiger partial charge is 0.323 e. The molecule has 0 bridgehead atoms. The highest BCUT2D eigenvalue weighted by Crippen LogP contribution is 2.40. The molecule has 1 heterocycles.